The average molecular weight is 427 g/mol. The molecule has 0 bridgehead atoms. The van der Waals surface area contributed by atoms with E-state index >= 15 is 0 Å². The van der Waals surface area contributed by atoms with Crippen LogP contribution in [0.2, 0.25) is 0 Å². The largest absolute Gasteiger partial charge is 0.350 e. The lowest BCUT2D eigenvalue weighted by Crippen LogP contribution is -2.52. The van der Waals surface area contributed by atoms with Gasteiger partial charge in [-0.1, -0.05) is 42.0 Å². The van der Waals surface area contributed by atoms with Gasteiger partial charge in [-0.3, -0.25) is 9.59 Å². The van der Waals surface area contributed by atoms with Gasteiger partial charge in [0.15, 0.2) is 0 Å². The molecule has 0 aliphatic rings. The fourth-order valence-corrected chi connectivity index (χ4v) is 3.90. The molecule has 162 valence electrons. The molecule has 0 aliphatic heterocycles. The molecule has 2 aromatic rings. The number of hydrogen-bond acceptors (Lipinski definition) is 3. The Morgan fingerprint density at radius 1 is 1.03 bits per heavy atom. The van der Waals surface area contributed by atoms with E-state index in [-0.39, 0.29) is 17.4 Å². The fraction of sp³-hybridized carbons (Fsp3) is 0.440. The summed E-state index contributed by atoms with van der Waals surface area (Å²) in [7, 11) is 0. The monoisotopic (exact) mass is 426 g/mol. The summed E-state index contributed by atoms with van der Waals surface area (Å²) >= 11 is 1.67. The van der Waals surface area contributed by atoms with E-state index in [4.69, 9.17) is 0 Å². The van der Waals surface area contributed by atoms with E-state index in [0.29, 0.717) is 18.7 Å². The number of aryl methyl sites for hydroxylation is 2. The lowest BCUT2D eigenvalue weighted by molar-refractivity contribution is -0.140. The second-order valence-electron chi connectivity index (χ2n) is 8.77. The van der Waals surface area contributed by atoms with Crippen LogP contribution in [0.25, 0.3) is 0 Å². The van der Waals surface area contributed by atoms with Gasteiger partial charge in [0.1, 0.15) is 6.04 Å². The summed E-state index contributed by atoms with van der Waals surface area (Å²) in [4.78, 5) is 28.8. The Morgan fingerprint density at radius 2 is 1.67 bits per heavy atom. The van der Waals surface area contributed by atoms with E-state index in [1.807, 2.05) is 58.9 Å². The maximum absolute atomic E-state index is 13.1. The van der Waals surface area contributed by atoms with Gasteiger partial charge in [-0.15, -0.1) is 11.8 Å². The molecule has 2 aromatic carbocycles. The Bertz CT molecular complexity index is 856. The Hall–Kier alpha value is -2.27. The predicted octanol–water partition coefficient (Wildman–Crippen LogP) is 5.12. The van der Waals surface area contributed by atoms with Crippen molar-refractivity contribution < 1.29 is 9.59 Å². The Kier molecular flexibility index (Phi) is 8.54. The molecule has 4 nitrogen and oxygen atoms in total. The van der Waals surface area contributed by atoms with Gasteiger partial charge in [0.2, 0.25) is 11.8 Å². The summed E-state index contributed by atoms with van der Waals surface area (Å²) < 4.78 is 0. The van der Waals surface area contributed by atoms with Gasteiger partial charge in [-0.2, -0.15) is 0 Å². The average Bonchev–Trinajstić information content (AvgIpc) is 2.67. The molecule has 0 spiro atoms. The molecular formula is C25H34N2O2S. The molecular weight excluding hydrogens is 392 g/mol. The van der Waals surface area contributed by atoms with Gasteiger partial charge in [-0.05, 0) is 64.8 Å². The van der Waals surface area contributed by atoms with Crippen LogP contribution in [-0.2, 0) is 16.1 Å². The number of amides is 2. The number of carbonyl (C=O) groups is 2. The van der Waals surface area contributed by atoms with Gasteiger partial charge in [0.25, 0.3) is 0 Å². The number of nitrogens with one attached hydrogen (secondary N) is 1. The fourth-order valence-electron chi connectivity index (χ4n) is 3.06. The highest BCUT2D eigenvalue weighted by atomic mass is 32.2. The third-order valence-electron chi connectivity index (χ3n) is 4.87. The zero-order chi connectivity index (χ0) is 22.3. The van der Waals surface area contributed by atoms with Crippen molar-refractivity contribution in [1.29, 1.82) is 0 Å². The second-order valence-corrected chi connectivity index (χ2v) is 9.94. The zero-order valence-corrected chi connectivity index (χ0v) is 19.8. The molecule has 2 amide bonds. The lowest BCUT2D eigenvalue weighted by Gasteiger charge is -2.32. The Labute approximate surface area is 185 Å². The van der Waals surface area contributed by atoms with Crippen molar-refractivity contribution in [3.05, 3.63) is 65.2 Å². The first-order valence-electron chi connectivity index (χ1n) is 10.4. The van der Waals surface area contributed by atoms with Crippen LogP contribution in [-0.4, -0.2) is 34.0 Å². The number of rotatable bonds is 8. The molecule has 0 fully saturated rings. The van der Waals surface area contributed by atoms with Crippen molar-refractivity contribution in [1.82, 2.24) is 10.2 Å². The number of thioether (sulfide) groups is 1. The highest BCUT2D eigenvalue weighted by Gasteiger charge is 2.28. The smallest absolute Gasteiger partial charge is 0.242 e. The molecule has 0 radical (unpaired) electrons. The van der Waals surface area contributed by atoms with Crippen LogP contribution in [0.3, 0.4) is 0 Å². The van der Waals surface area contributed by atoms with Gasteiger partial charge < -0.3 is 10.2 Å². The molecule has 2 rings (SSSR count). The summed E-state index contributed by atoms with van der Waals surface area (Å²) in [5, 5.41) is 3.00. The summed E-state index contributed by atoms with van der Waals surface area (Å²) in [6.45, 7) is 12.2. The lowest BCUT2D eigenvalue weighted by atomic mass is 10.1. The first-order valence-corrected chi connectivity index (χ1v) is 11.4. The van der Waals surface area contributed by atoms with E-state index in [1.54, 1.807) is 16.7 Å². The van der Waals surface area contributed by atoms with E-state index in [9.17, 15) is 9.59 Å². The van der Waals surface area contributed by atoms with Crippen LogP contribution in [0.5, 0.6) is 0 Å². The molecule has 5 heteroatoms. The number of benzene rings is 2. The highest BCUT2D eigenvalue weighted by molar-refractivity contribution is 7.99. The van der Waals surface area contributed by atoms with E-state index in [2.05, 4.69) is 36.5 Å². The molecule has 0 aromatic heterocycles. The van der Waals surface area contributed by atoms with Crippen LogP contribution in [0, 0.1) is 13.8 Å². The maximum Gasteiger partial charge on any atom is 0.242 e. The molecule has 0 heterocycles. The van der Waals surface area contributed by atoms with Crippen molar-refractivity contribution in [2.24, 2.45) is 0 Å². The zero-order valence-electron chi connectivity index (χ0n) is 19.0. The Morgan fingerprint density at radius 3 is 2.27 bits per heavy atom. The minimum atomic E-state index is -0.541. The summed E-state index contributed by atoms with van der Waals surface area (Å²) in [5.41, 5.74) is 3.06. The quantitative estimate of drug-likeness (QED) is 0.596. The predicted molar refractivity (Wildman–Crippen MR) is 126 cm³/mol. The van der Waals surface area contributed by atoms with Crippen molar-refractivity contribution in [3.8, 4) is 0 Å². The summed E-state index contributed by atoms with van der Waals surface area (Å²) in [5.74, 6) is 0.546. The SMILES string of the molecule is Cc1ccc(SCCC(=O)N(Cc2ccccc2C)[C@@H](C)C(=O)NC(C)(C)C)cc1. The number of carbonyl (C=O) groups excluding carboxylic acids is 2. The van der Waals surface area contributed by atoms with Crippen LogP contribution in [0.4, 0.5) is 0 Å². The summed E-state index contributed by atoms with van der Waals surface area (Å²) in [6.07, 6.45) is 0.386. The minimum absolute atomic E-state index is 0.00516. The van der Waals surface area contributed by atoms with Gasteiger partial charge in [0, 0.05) is 29.2 Å². The minimum Gasteiger partial charge on any atom is -0.350 e. The molecule has 0 unspecified atom stereocenters. The van der Waals surface area contributed by atoms with Crippen LogP contribution in [0.1, 0.15) is 50.8 Å². The molecule has 30 heavy (non-hydrogen) atoms. The van der Waals surface area contributed by atoms with Crippen molar-refractivity contribution in [3.63, 3.8) is 0 Å². The van der Waals surface area contributed by atoms with Gasteiger partial charge >= 0.3 is 0 Å². The second kappa shape index (κ2) is 10.7. The molecule has 0 saturated carbocycles. The third kappa shape index (κ3) is 7.52. The number of nitrogens with zero attached hydrogens (tertiary/aromatic N) is 1. The first kappa shape index (κ1) is 24.0. The Balaban J connectivity index is 2.10. The van der Waals surface area contributed by atoms with Gasteiger partial charge in [-0.25, -0.2) is 0 Å². The maximum atomic E-state index is 13.1. The molecule has 1 atom stereocenters. The standard InChI is InChI=1S/C25H34N2O2S/c1-18-11-13-22(14-12-18)30-16-15-23(28)27(17-21-10-8-7-9-19(21)2)20(3)24(29)26-25(4,5)6/h7-14,20H,15-17H2,1-6H3,(H,26,29)/t20-/m0/s1. The van der Waals surface area contributed by atoms with Crippen molar-refractivity contribution in [2.45, 2.75) is 71.0 Å². The highest BCUT2D eigenvalue weighted by Crippen LogP contribution is 2.21. The van der Waals surface area contributed by atoms with E-state index in [0.717, 1.165) is 16.0 Å². The normalized spacial score (nSPS) is 12.3. The molecule has 0 saturated heterocycles. The summed E-state index contributed by atoms with van der Waals surface area (Å²) in [6, 6.07) is 15.8. The topological polar surface area (TPSA) is 49.4 Å². The van der Waals surface area contributed by atoms with Crippen molar-refractivity contribution >= 4 is 23.6 Å². The third-order valence-corrected chi connectivity index (χ3v) is 5.89. The molecule has 1 N–H and O–H groups in total. The molecule has 0 aliphatic carbocycles. The van der Waals surface area contributed by atoms with Crippen molar-refractivity contribution in [2.75, 3.05) is 5.75 Å². The van der Waals surface area contributed by atoms with E-state index < -0.39 is 6.04 Å². The van der Waals surface area contributed by atoms with Crippen LogP contribution < -0.4 is 5.32 Å². The van der Waals surface area contributed by atoms with Crippen LogP contribution in [0.15, 0.2) is 53.4 Å². The van der Waals surface area contributed by atoms with Crippen LogP contribution >= 0.6 is 11.8 Å². The first-order chi connectivity index (χ1) is 14.1. The van der Waals surface area contributed by atoms with Gasteiger partial charge in [0.05, 0.1) is 0 Å². The number of hydrogen-bond donors (Lipinski definition) is 1. The van der Waals surface area contributed by atoms with E-state index in [1.165, 1.54) is 5.56 Å².